The van der Waals surface area contributed by atoms with Crippen molar-refractivity contribution in [3.63, 3.8) is 0 Å². The number of rotatable bonds is 6. The number of nitrogens with one attached hydrogen (secondary N) is 1. The third kappa shape index (κ3) is 3.22. The first-order valence-corrected chi connectivity index (χ1v) is 6.57. The van der Waals surface area contributed by atoms with Crippen LogP contribution in [-0.2, 0) is 16.1 Å². The highest BCUT2D eigenvalue weighted by Gasteiger charge is 2.30. The van der Waals surface area contributed by atoms with E-state index in [1.54, 1.807) is 0 Å². The van der Waals surface area contributed by atoms with Crippen molar-refractivity contribution in [1.29, 1.82) is 0 Å². The number of carbonyl (C=O) groups excluding carboxylic acids is 2. The van der Waals surface area contributed by atoms with E-state index in [-0.39, 0.29) is 11.8 Å². The van der Waals surface area contributed by atoms with Gasteiger partial charge in [0.25, 0.3) is 11.8 Å². The molecule has 0 aromatic heterocycles. The zero-order chi connectivity index (χ0) is 13.7. The Hall–Kier alpha value is -2.10. The highest BCUT2D eigenvalue weighted by Crippen LogP contribution is 2.12. The lowest BCUT2D eigenvalue weighted by atomic mass is 10.2. The van der Waals surface area contributed by atoms with Crippen LogP contribution < -0.4 is 5.32 Å². The summed E-state index contributed by atoms with van der Waals surface area (Å²) < 4.78 is 0. The second-order valence-corrected chi connectivity index (χ2v) is 4.55. The third-order valence-corrected chi connectivity index (χ3v) is 3.07. The van der Waals surface area contributed by atoms with Crippen LogP contribution in [0.4, 0.5) is 0 Å². The second-order valence-electron chi connectivity index (χ2n) is 4.55. The average Bonchev–Trinajstić information content (AvgIpc) is 2.70. The molecule has 1 heterocycles. The van der Waals surface area contributed by atoms with Crippen LogP contribution in [0.1, 0.15) is 25.3 Å². The monoisotopic (exact) mass is 258 g/mol. The summed E-state index contributed by atoms with van der Waals surface area (Å²) >= 11 is 0. The average molecular weight is 258 g/mol. The molecule has 1 aliphatic rings. The van der Waals surface area contributed by atoms with Crippen molar-refractivity contribution in [3.05, 3.63) is 47.7 Å². The SMILES string of the molecule is CCCCN1C(=O)C=C(NCc2ccccc2)C1=O. The van der Waals surface area contributed by atoms with Crippen molar-refractivity contribution < 1.29 is 9.59 Å². The zero-order valence-corrected chi connectivity index (χ0v) is 11.1. The molecule has 4 nitrogen and oxygen atoms in total. The minimum atomic E-state index is -0.214. The molecule has 1 N–H and O–H groups in total. The fourth-order valence-electron chi connectivity index (χ4n) is 1.96. The topological polar surface area (TPSA) is 49.4 Å². The summed E-state index contributed by atoms with van der Waals surface area (Å²) in [5.74, 6) is -0.427. The van der Waals surface area contributed by atoms with Gasteiger partial charge in [0, 0.05) is 19.2 Å². The van der Waals surface area contributed by atoms with Crippen LogP contribution in [0, 0.1) is 0 Å². The summed E-state index contributed by atoms with van der Waals surface area (Å²) in [6, 6.07) is 9.79. The molecule has 2 amide bonds. The minimum absolute atomic E-state index is 0.214. The van der Waals surface area contributed by atoms with Crippen LogP contribution in [0.5, 0.6) is 0 Å². The maximum absolute atomic E-state index is 12.0. The molecule has 0 bridgehead atoms. The van der Waals surface area contributed by atoms with E-state index in [4.69, 9.17) is 0 Å². The summed E-state index contributed by atoms with van der Waals surface area (Å²) in [5.41, 5.74) is 1.47. The van der Waals surface area contributed by atoms with Gasteiger partial charge < -0.3 is 5.32 Å². The number of hydrogen-bond acceptors (Lipinski definition) is 3. The molecule has 0 radical (unpaired) electrons. The van der Waals surface area contributed by atoms with Crippen molar-refractivity contribution in [2.24, 2.45) is 0 Å². The Labute approximate surface area is 113 Å². The lowest BCUT2D eigenvalue weighted by Crippen LogP contribution is -2.34. The van der Waals surface area contributed by atoms with Gasteiger partial charge in [-0.25, -0.2) is 0 Å². The van der Waals surface area contributed by atoms with Gasteiger partial charge in [-0.05, 0) is 12.0 Å². The van der Waals surface area contributed by atoms with E-state index < -0.39 is 0 Å². The summed E-state index contributed by atoms with van der Waals surface area (Å²) in [6.45, 7) is 3.08. The first-order chi connectivity index (χ1) is 9.22. The number of imide groups is 1. The smallest absolute Gasteiger partial charge is 0.276 e. The van der Waals surface area contributed by atoms with Crippen molar-refractivity contribution >= 4 is 11.8 Å². The van der Waals surface area contributed by atoms with E-state index in [1.165, 1.54) is 11.0 Å². The first-order valence-electron chi connectivity index (χ1n) is 6.57. The number of unbranched alkanes of at least 4 members (excludes halogenated alkanes) is 1. The quantitative estimate of drug-likeness (QED) is 0.792. The molecule has 0 saturated carbocycles. The number of benzene rings is 1. The normalized spacial score (nSPS) is 14.8. The Bertz CT molecular complexity index is 494. The van der Waals surface area contributed by atoms with Gasteiger partial charge in [0.1, 0.15) is 5.70 Å². The van der Waals surface area contributed by atoms with Crippen molar-refractivity contribution in [2.45, 2.75) is 26.3 Å². The fourth-order valence-corrected chi connectivity index (χ4v) is 1.96. The Morgan fingerprint density at radius 3 is 2.58 bits per heavy atom. The van der Waals surface area contributed by atoms with Crippen LogP contribution in [0.3, 0.4) is 0 Å². The van der Waals surface area contributed by atoms with Crippen molar-refractivity contribution in [3.8, 4) is 0 Å². The highest BCUT2D eigenvalue weighted by atomic mass is 16.2. The number of carbonyl (C=O) groups is 2. The van der Waals surface area contributed by atoms with Gasteiger partial charge in [-0.2, -0.15) is 0 Å². The molecule has 19 heavy (non-hydrogen) atoms. The first kappa shape index (κ1) is 13.3. The molecule has 100 valence electrons. The van der Waals surface area contributed by atoms with E-state index >= 15 is 0 Å². The summed E-state index contributed by atoms with van der Waals surface area (Å²) in [7, 11) is 0. The number of amides is 2. The van der Waals surface area contributed by atoms with Gasteiger partial charge in [-0.15, -0.1) is 0 Å². The van der Waals surface area contributed by atoms with E-state index in [0.717, 1.165) is 18.4 Å². The molecule has 4 heteroatoms. The van der Waals surface area contributed by atoms with Crippen LogP contribution in [0.15, 0.2) is 42.1 Å². The van der Waals surface area contributed by atoms with Crippen LogP contribution in [0.25, 0.3) is 0 Å². The second kappa shape index (κ2) is 6.18. The van der Waals surface area contributed by atoms with Crippen molar-refractivity contribution in [1.82, 2.24) is 10.2 Å². The van der Waals surface area contributed by atoms with Crippen LogP contribution in [-0.4, -0.2) is 23.3 Å². The van der Waals surface area contributed by atoms with Crippen molar-refractivity contribution in [2.75, 3.05) is 6.54 Å². The molecule has 1 aliphatic heterocycles. The molecule has 0 fully saturated rings. The maximum Gasteiger partial charge on any atom is 0.276 e. The molecular formula is C15H18N2O2. The van der Waals surface area contributed by atoms with Gasteiger partial charge in [0.2, 0.25) is 0 Å². The van der Waals surface area contributed by atoms with Gasteiger partial charge >= 0.3 is 0 Å². The predicted octanol–water partition coefficient (Wildman–Crippen LogP) is 1.83. The van der Waals surface area contributed by atoms with Crippen LogP contribution in [0.2, 0.25) is 0 Å². The highest BCUT2D eigenvalue weighted by molar-refractivity contribution is 6.15. The van der Waals surface area contributed by atoms with E-state index in [0.29, 0.717) is 18.8 Å². The largest absolute Gasteiger partial charge is 0.376 e. The molecule has 1 aromatic rings. The molecule has 0 unspecified atom stereocenters. The van der Waals surface area contributed by atoms with Gasteiger partial charge in [0.05, 0.1) is 0 Å². The Balaban J connectivity index is 1.93. The molecule has 0 aliphatic carbocycles. The number of nitrogens with zero attached hydrogens (tertiary/aromatic N) is 1. The molecule has 0 saturated heterocycles. The standard InChI is InChI=1S/C15H18N2O2/c1-2-3-9-17-14(18)10-13(15(17)19)16-11-12-7-5-4-6-8-12/h4-8,10,16H,2-3,9,11H2,1H3. The lowest BCUT2D eigenvalue weighted by Gasteiger charge is -2.14. The summed E-state index contributed by atoms with van der Waals surface area (Å²) in [5, 5.41) is 3.03. The third-order valence-electron chi connectivity index (χ3n) is 3.07. The Morgan fingerprint density at radius 2 is 1.89 bits per heavy atom. The van der Waals surface area contributed by atoms with Gasteiger partial charge in [0.15, 0.2) is 0 Å². The fraction of sp³-hybridized carbons (Fsp3) is 0.333. The summed E-state index contributed by atoms with van der Waals surface area (Å²) in [6.07, 6.45) is 3.20. The molecule has 2 rings (SSSR count). The predicted molar refractivity (Wildman–Crippen MR) is 73.0 cm³/mol. The lowest BCUT2D eigenvalue weighted by molar-refractivity contribution is -0.137. The van der Waals surface area contributed by atoms with E-state index in [1.807, 2.05) is 37.3 Å². The minimum Gasteiger partial charge on any atom is -0.376 e. The van der Waals surface area contributed by atoms with Gasteiger partial charge in [-0.3, -0.25) is 14.5 Å². The van der Waals surface area contributed by atoms with Gasteiger partial charge in [-0.1, -0.05) is 43.7 Å². The van der Waals surface area contributed by atoms with E-state index in [9.17, 15) is 9.59 Å². The molecule has 0 spiro atoms. The number of hydrogen-bond donors (Lipinski definition) is 1. The summed E-state index contributed by atoms with van der Waals surface area (Å²) in [4.78, 5) is 25.0. The Morgan fingerprint density at radius 1 is 1.16 bits per heavy atom. The molecule has 1 aromatic carbocycles. The molecule has 0 atom stereocenters. The molecular weight excluding hydrogens is 240 g/mol. The van der Waals surface area contributed by atoms with E-state index in [2.05, 4.69) is 5.32 Å². The van der Waals surface area contributed by atoms with Crippen LogP contribution >= 0.6 is 0 Å². The Kier molecular flexibility index (Phi) is 4.34. The maximum atomic E-state index is 12.0. The zero-order valence-electron chi connectivity index (χ0n) is 11.1.